The van der Waals surface area contributed by atoms with E-state index in [0.717, 1.165) is 16.8 Å². The van der Waals surface area contributed by atoms with Crippen molar-refractivity contribution in [1.29, 1.82) is 0 Å². The predicted molar refractivity (Wildman–Crippen MR) is 83.6 cm³/mol. The Bertz CT molecular complexity index is 756. The number of hydrogen-bond donors (Lipinski definition) is 0. The van der Waals surface area contributed by atoms with E-state index in [-0.39, 0.29) is 5.82 Å². The van der Waals surface area contributed by atoms with Crippen LogP contribution in [0.5, 0.6) is 0 Å². The van der Waals surface area contributed by atoms with Crippen LogP contribution in [0.2, 0.25) is 0 Å². The summed E-state index contributed by atoms with van der Waals surface area (Å²) >= 11 is 0. The molecule has 2 nitrogen and oxygen atoms in total. The highest BCUT2D eigenvalue weighted by Gasteiger charge is 2.02. The van der Waals surface area contributed by atoms with Gasteiger partial charge in [-0.1, -0.05) is 36.4 Å². The second-order valence-corrected chi connectivity index (χ2v) is 4.90. The van der Waals surface area contributed by atoms with Crippen LogP contribution in [0, 0.1) is 12.7 Å². The van der Waals surface area contributed by atoms with Crippen molar-refractivity contribution in [3.63, 3.8) is 0 Å². The largest absolute Gasteiger partial charge is 0.240 e. The molecule has 0 unspecified atom stereocenters. The summed E-state index contributed by atoms with van der Waals surface area (Å²) < 4.78 is 14.8. The molecular formula is C18H15FN2. The Morgan fingerprint density at radius 2 is 1.86 bits per heavy atom. The summed E-state index contributed by atoms with van der Waals surface area (Å²) in [4.78, 5) is 0. The van der Waals surface area contributed by atoms with E-state index in [4.69, 9.17) is 0 Å². The number of aryl methyl sites for hydroxylation is 1. The number of halogens is 1. The molecule has 0 atom stereocenters. The molecule has 3 heteroatoms. The molecule has 1 heterocycles. The lowest BCUT2D eigenvalue weighted by Crippen LogP contribution is -1.97. The van der Waals surface area contributed by atoms with Crippen molar-refractivity contribution >= 4 is 12.2 Å². The van der Waals surface area contributed by atoms with Crippen LogP contribution in [0.25, 0.3) is 17.8 Å². The van der Waals surface area contributed by atoms with E-state index < -0.39 is 0 Å². The van der Waals surface area contributed by atoms with Gasteiger partial charge in [0.1, 0.15) is 5.82 Å². The Morgan fingerprint density at radius 1 is 1.05 bits per heavy atom. The van der Waals surface area contributed by atoms with Crippen molar-refractivity contribution in [3.8, 4) is 5.69 Å². The van der Waals surface area contributed by atoms with Gasteiger partial charge in [0.05, 0.1) is 5.69 Å². The Morgan fingerprint density at radius 3 is 2.57 bits per heavy atom. The molecule has 0 N–H and O–H groups in total. The Kier molecular flexibility index (Phi) is 3.65. The van der Waals surface area contributed by atoms with Gasteiger partial charge in [0.2, 0.25) is 0 Å². The molecule has 2 aromatic carbocycles. The van der Waals surface area contributed by atoms with Gasteiger partial charge in [-0.2, -0.15) is 5.10 Å². The van der Waals surface area contributed by atoms with E-state index >= 15 is 0 Å². The fourth-order valence-corrected chi connectivity index (χ4v) is 2.16. The molecule has 0 aliphatic carbocycles. The highest BCUT2D eigenvalue weighted by Crippen LogP contribution is 2.19. The first-order valence-electron chi connectivity index (χ1n) is 6.77. The Labute approximate surface area is 123 Å². The average Bonchev–Trinajstić information content (AvgIpc) is 3.02. The smallest absolute Gasteiger partial charge is 0.123 e. The highest BCUT2D eigenvalue weighted by atomic mass is 19.1. The SMILES string of the molecule is Cc1ccc(/C=C/c2ccc(F)cc2)c(-n2cccn2)c1. The highest BCUT2D eigenvalue weighted by molar-refractivity contribution is 5.74. The molecule has 0 saturated heterocycles. The molecule has 3 rings (SSSR count). The van der Waals surface area contributed by atoms with E-state index in [1.165, 1.54) is 17.7 Å². The molecule has 3 aromatic rings. The van der Waals surface area contributed by atoms with Gasteiger partial charge in [0.15, 0.2) is 0 Å². The molecular weight excluding hydrogens is 263 g/mol. The van der Waals surface area contributed by atoms with E-state index in [1.807, 2.05) is 29.1 Å². The molecule has 104 valence electrons. The van der Waals surface area contributed by atoms with Gasteiger partial charge < -0.3 is 0 Å². The van der Waals surface area contributed by atoms with Crippen LogP contribution < -0.4 is 0 Å². The van der Waals surface area contributed by atoms with Crippen LogP contribution in [0.3, 0.4) is 0 Å². The van der Waals surface area contributed by atoms with E-state index in [1.54, 1.807) is 18.3 Å². The third-order valence-electron chi connectivity index (χ3n) is 3.26. The fraction of sp³-hybridized carbons (Fsp3) is 0.0556. The van der Waals surface area contributed by atoms with Crippen LogP contribution in [-0.4, -0.2) is 9.78 Å². The maximum absolute atomic E-state index is 12.9. The molecule has 1 aromatic heterocycles. The van der Waals surface area contributed by atoms with Gasteiger partial charge in [-0.15, -0.1) is 0 Å². The summed E-state index contributed by atoms with van der Waals surface area (Å²) in [7, 11) is 0. The topological polar surface area (TPSA) is 17.8 Å². The maximum atomic E-state index is 12.9. The van der Waals surface area contributed by atoms with E-state index in [0.29, 0.717) is 0 Å². The lowest BCUT2D eigenvalue weighted by molar-refractivity contribution is 0.628. The second kappa shape index (κ2) is 5.75. The number of aromatic nitrogens is 2. The predicted octanol–water partition coefficient (Wildman–Crippen LogP) is 4.49. The van der Waals surface area contributed by atoms with E-state index in [2.05, 4.69) is 30.2 Å². The molecule has 0 aliphatic heterocycles. The first kappa shape index (κ1) is 13.3. The lowest BCUT2D eigenvalue weighted by Gasteiger charge is -2.07. The van der Waals surface area contributed by atoms with Crippen LogP contribution in [-0.2, 0) is 0 Å². The first-order valence-corrected chi connectivity index (χ1v) is 6.77. The quantitative estimate of drug-likeness (QED) is 0.645. The maximum Gasteiger partial charge on any atom is 0.123 e. The molecule has 0 saturated carbocycles. The zero-order valence-corrected chi connectivity index (χ0v) is 11.7. The number of nitrogens with zero attached hydrogens (tertiary/aromatic N) is 2. The second-order valence-electron chi connectivity index (χ2n) is 4.90. The van der Waals surface area contributed by atoms with Gasteiger partial charge in [0, 0.05) is 18.0 Å². The van der Waals surface area contributed by atoms with Crippen molar-refractivity contribution in [2.75, 3.05) is 0 Å². The minimum absolute atomic E-state index is 0.222. The molecule has 0 spiro atoms. The van der Waals surface area contributed by atoms with Gasteiger partial charge in [-0.3, -0.25) is 0 Å². The molecule has 21 heavy (non-hydrogen) atoms. The van der Waals surface area contributed by atoms with E-state index in [9.17, 15) is 4.39 Å². The van der Waals surface area contributed by atoms with Crippen LogP contribution in [0.1, 0.15) is 16.7 Å². The molecule has 0 amide bonds. The minimum Gasteiger partial charge on any atom is -0.240 e. The number of rotatable bonds is 3. The van der Waals surface area contributed by atoms with Crippen molar-refractivity contribution in [2.45, 2.75) is 6.92 Å². The van der Waals surface area contributed by atoms with Gasteiger partial charge >= 0.3 is 0 Å². The van der Waals surface area contributed by atoms with Crippen molar-refractivity contribution in [2.24, 2.45) is 0 Å². The normalized spacial score (nSPS) is 11.1. The molecule has 0 fully saturated rings. The third kappa shape index (κ3) is 3.08. The van der Waals surface area contributed by atoms with Crippen LogP contribution in [0.4, 0.5) is 4.39 Å². The van der Waals surface area contributed by atoms with Crippen molar-refractivity contribution in [3.05, 3.63) is 83.4 Å². The standard InChI is InChI=1S/C18H15FN2/c1-14-3-7-16(18(13-14)21-12-2-11-20-21)8-4-15-5-9-17(19)10-6-15/h2-13H,1H3/b8-4+. The van der Waals surface area contributed by atoms with Crippen molar-refractivity contribution < 1.29 is 4.39 Å². The zero-order chi connectivity index (χ0) is 14.7. The summed E-state index contributed by atoms with van der Waals surface area (Å²) in [5.41, 5.74) is 4.23. The van der Waals surface area contributed by atoms with Gasteiger partial charge in [0.25, 0.3) is 0 Å². The van der Waals surface area contributed by atoms with Gasteiger partial charge in [-0.05, 0) is 42.3 Å². The Hall–Kier alpha value is -2.68. The number of hydrogen-bond acceptors (Lipinski definition) is 1. The van der Waals surface area contributed by atoms with Gasteiger partial charge in [-0.25, -0.2) is 9.07 Å². The summed E-state index contributed by atoms with van der Waals surface area (Å²) in [6.45, 7) is 2.06. The number of benzene rings is 2. The lowest BCUT2D eigenvalue weighted by atomic mass is 10.1. The third-order valence-corrected chi connectivity index (χ3v) is 3.26. The summed E-state index contributed by atoms with van der Waals surface area (Å²) in [5, 5.41) is 4.29. The molecule has 0 aliphatic rings. The monoisotopic (exact) mass is 278 g/mol. The van der Waals surface area contributed by atoms with Crippen LogP contribution >= 0.6 is 0 Å². The van der Waals surface area contributed by atoms with Crippen molar-refractivity contribution in [1.82, 2.24) is 9.78 Å². The summed E-state index contributed by atoms with van der Waals surface area (Å²) in [6.07, 6.45) is 7.67. The average molecular weight is 278 g/mol. The minimum atomic E-state index is -0.222. The molecule has 0 bridgehead atoms. The summed E-state index contributed by atoms with van der Waals surface area (Å²) in [5.74, 6) is -0.222. The van der Waals surface area contributed by atoms with Crippen LogP contribution in [0.15, 0.2) is 60.9 Å². The Balaban J connectivity index is 1.97. The first-order chi connectivity index (χ1) is 10.2. The zero-order valence-electron chi connectivity index (χ0n) is 11.7. The fourth-order valence-electron chi connectivity index (χ4n) is 2.16. The molecule has 0 radical (unpaired) electrons. The summed E-state index contributed by atoms with van der Waals surface area (Å²) in [6, 6.07) is 14.6.